The quantitative estimate of drug-likeness (QED) is 0.837. The van der Waals surface area contributed by atoms with E-state index < -0.39 is 13.4 Å². The second kappa shape index (κ2) is 5.66. The van der Waals surface area contributed by atoms with Gasteiger partial charge in [-0.25, -0.2) is 4.57 Å². The largest absolute Gasteiger partial charge is 0.470 e. The van der Waals surface area contributed by atoms with Gasteiger partial charge in [0.05, 0.1) is 0 Å². The molecule has 1 aliphatic rings. The highest BCUT2D eigenvalue weighted by Gasteiger charge is 2.39. The molecule has 0 aromatic heterocycles. The fourth-order valence-corrected chi connectivity index (χ4v) is 3.16. The van der Waals surface area contributed by atoms with Crippen molar-refractivity contribution in [2.24, 2.45) is 5.92 Å². The minimum Gasteiger partial charge on any atom is -0.303 e. The van der Waals surface area contributed by atoms with Crippen molar-refractivity contribution >= 4 is 7.82 Å². The van der Waals surface area contributed by atoms with Gasteiger partial charge in [0.2, 0.25) is 0 Å². The molecule has 1 aromatic carbocycles. The molecule has 0 saturated carbocycles. The lowest BCUT2D eigenvalue weighted by Gasteiger charge is -2.36. The lowest BCUT2D eigenvalue weighted by Crippen LogP contribution is -2.36. The Kier molecular flexibility index (Phi) is 4.31. The number of benzene rings is 1. The van der Waals surface area contributed by atoms with E-state index in [1.165, 1.54) is 5.56 Å². The summed E-state index contributed by atoms with van der Waals surface area (Å²) in [5.41, 5.74) is 1.27. The normalized spacial score (nSPS) is 26.4. The molecule has 2 unspecified atom stereocenters. The molecule has 20 heavy (non-hydrogen) atoms. The van der Waals surface area contributed by atoms with Crippen molar-refractivity contribution in [3.05, 3.63) is 59.7 Å². The molecule has 0 saturated heterocycles. The van der Waals surface area contributed by atoms with E-state index in [1.54, 1.807) is 19.1 Å². The van der Waals surface area contributed by atoms with Crippen LogP contribution >= 0.6 is 7.82 Å². The molecular formula is C15H19O4P. The van der Waals surface area contributed by atoms with Crippen LogP contribution in [0.5, 0.6) is 0 Å². The van der Waals surface area contributed by atoms with Crippen molar-refractivity contribution < 1.29 is 18.9 Å². The lowest BCUT2D eigenvalue weighted by atomic mass is 9.79. The average molecular weight is 294 g/mol. The Morgan fingerprint density at radius 3 is 2.55 bits per heavy atom. The summed E-state index contributed by atoms with van der Waals surface area (Å²) < 4.78 is 16.1. The van der Waals surface area contributed by atoms with Gasteiger partial charge in [-0.05, 0) is 18.9 Å². The average Bonchev–Trinajstić information content (AvgIpc) is 2.34. The highest BCUT2D eigenvalue weighted by atomic mass is 31.2. The van der Waals surface area contributed by atoms with Crippen molar-refractivity contribution in [3.8, 4) is 0 Å². The molecule has 2 atom stereocenters. The van der Waals surface area contributed by atoms with Crippen LogP contribution < -0.4 is 0 Å². The minimum atomic E-state index is -4.52. The van der Waals surface area contributed by atoms with E-state index in [0.717, 1.165) is 12.0 Å². The highest BCUT2D eigenvalue weighted by Crippen LogP contribution is 2.47. The first-order valence-corrected chi connectivity index (χ1v) is 8.02. The molecule has 0 amide bonds. The zero-order chi connectivity index (χ0) is 14.8. The summed E-state index contributed by atoms with van der Waals surface area (Å²) in [5.74, 6) is -0.111. The van der Waals surface area contributed by atoms with Crippen molar-refractivity contribution in [2.45, 2.75) is 25.9 Å². The van der Waals surface area contributed by atoms with E-state index in [0.29, 0.717) is 0 Å². The summed E-state index contributed by atoms with van der Waals surface area (Å²) in [4.78, 5) is 18.1. The summed E-state index contributed by atoms with van der Waals surface area (Å²) in [7, 11) is -4.52. The molecule has 0 radical (unpaired) electrons. The Balaban J connectivity index is 2.19. The van der Waals surface area contributed by atoms with Crippen molar-refractivity contribution in [2.75, 3.05) is 0 Å². The first-order valence-electron chi connectivity index (χ1n) is 6.49. The van der Waals surface area contributed by atoms with Crippen molar-refractivity contribution in [1.82, 2.24) is 0 Å². The molecule has 0 fully saturated rings. The molecule has 1 aliphatic carbocycles. The monoisotopic (exact) mass is 294 g/mol. The molecule has 0 aliphatic heterocycles. The Morgan fingerprint density at radius 1 is 1.30 bits per heavy atom. The maximum absolute atomic E-state index is 11.1. The first kappa shape index (κ1) is 15.2. The smallest absolute Gasteiger partial charge is 0.303 e. The van der Waals surface area contributed by atoms with Crippen LogP contribution in [-0.4, -0.2) is 15.4 Å². The second-order valence-electron chi connectivity index (χ2n) is 5.25. The zero-order valence-corrected chi connectivity index (χ0v) is 12.5. The highest BCUT2D eigenvalue weighted by molar-refractivity contribution is 7.46. The summed E-state index contributed by atoms with van der Waals surface area (Å²) in [6.07, 6.45) is 6.23. The molecule has 2 N–H and O–H groups in total. The summed E-state index contributed by atoms with van der Waals surface area (Å²) >= 11 is 0. The van der Waals surface area contributed by atoms with E-state index >= 15 is 0 Å². The Hall–Kier alpha value is -1.19. The lowest BCUT2D eigenvalue weighted by molar-refractivity contribution is 0.0552. The fraction of sp³-hybridized carbons (Fsp3) is 0.333. The van der Waals surface area contributed by atoms with Gasteiger partial charge in [-0.15, -0.1) is 0 Å². The predicted octanol–water partition coefficient (Wildman–Crippen LogP) is 3.23. The van der Waals surface area contributed by atoms with Crippen LogP contribution in [0.3, 0.4) is 0 Å². The van der Waals surface area contributed by atoms with Crippen LogP contribution in [0.15, 0.2) is 54.1 Å². The number of hydrogen-bond donors (Lipinski definition) is 2. The molecule has 0 bridgehead atoms. The van der Waals surface area contributed by atoms with E-state index in [9.17, 15) is 4.57 Å². The predicted molar refractivity (Wildman–Crippen MR) is 78.1 cm³/mol. The van der Waals surface area contributed by atoms with E-state index in [2.05, 4.69) is 0 Å². The van der Waals surface area contributed by atoms with Gasteiger partial charge >= 0.3 is 7.82 Å². The molecule has 4 nitrogen and oxygen atoms in total. The van der Waals surface area contributed by atoms with Gasteiger partial charge in [-0.1, -0.05) is 61.1 Å². The van der Waals surface area contributed by atoms with Gasteiger partial charge in [0.1, 0.15) is 5.60 Å². The van der Waals surface area contributed by atoms with E-state index in [4.69, 9.17) is 14.3 Å². The number of phosphoric acid groups is 1. The number of hydrogen-bond acceptors (Lipinski definition) is 2. The van der Waals surface area contributed by atoms with Gasteiger partial charge in [0.25, 0.3) is 0 Å². The SMILES string of the molecule is CC1C(Cc2ccccc2)=CC=CC1(C)OP(=O)(O)O. The van der Waals surface area contributed by atoms with Crippen molar-refractivity contribution in [1.29, 1.82) is 0 Å². The third-order valence-corrected chi connectivity index (χ3v) is 4.35. The number of rotatable bonds is 4. The van der Waals surface area contributed by atoms with Gasteiger partial charge < -0.3 is 9.79 Å². The standard InChI is InChI=1S/C15H19O4P/c1-12-14(11-13-7-4-3-5-8-13)9-6-10-15(12,2)19-20(16,17)18/h3-10,12H,11H2,1-2H3,(H2,16,17,18). The molecule has 2 rings (SSSR count). The Bertz CT molecular complexity index is 573. The van der Waals surface area contributed by atoms with Gasteiger partial charge in [0.15, 0.2) is 0 Å². The second-order valence-corrected chi connectivity index (χ2v) is 6.41. The van der Waals surface area contributed by atoms with Crippen molar-refractivity contribution in [3.63, 3.8) is 0 Å². The van der Waals surface area contributed by atoms with Crippen LogP contribution in [0.2, 0.25) is 0 Å². The van der Waals surface area contributed by atoms with Crippen LogP contribution in [0.25, 0.3) is 0 Å². The van der Waals surface area contributed by atoms with Gasteiger partial charge in [-0.3, -0.25) is 4.52 Å². The summed E-state index contributed by atoms with van der Waals surface area (Å²) in [5, 5.41) is 0. The number of allylic oxidation sites excluding steroid dienone is 2. The molecule has 1 aromatic rings. The fourth-order valence-electron chi connectivity index (χ4n) is 2.43. The molecule has 108 valence electrons. The Morgan fingerprint density at radius 2 is 1.95 bits per heavy atom. The van der Waals surface area contributed by atoms with Crippen LogP contribution in [0.4, 0.5) is 0 Å². The van der Waals surface area contributed by atoms with Gasteiger partial charge in [-0.2, -0.15) is 0 Å². The first-order chi connectivity index (χ1) is 9.30. The molecule has 0 heterocycles. The third-order valence-electron chi connectivity index (χ3n) is 3.72. The zero-order valence-electron chi connectivity index (χ0n) is 11.6. The summed E-state index contributed by atoms with van der Waals surface area (Å²) in [6, 6.07) is 9.98. The minimum absolute atomic E-state index is 0.111. The molecule has 0 spiro atoms. The topological polar surface area (TPSA) is 66.8 Å². The molecule has 5 heteroatoms. The third kappa shape index (κ3) is 3.68. The van der Waals surface area contributed by atoms with Gasteiger partial charge in [0, 0.05) is 5.92 Å². The van der Waals surface area contributed by atoms with Crippen LogP contribution in [-0.2, 0) is 15.5 Å². The maximum Gasteiger partial charge on any atom is 0.470 e. The van der Waals surface area contributed by atoms with Crippen LogP contribution in [0, 0.1) is 5.92 Å². The Labute approximate surface area is 119 Å². The number of phosphoric ester groups is 1. The van der Waals surface area contributed by atoms with E-state index in [1.807, 2.05) is 43.3 Å². The van der Waals surface area contributed by atoms with Crippen LogP contribution in [0.1, 0.15) is 19.4 Å². The maximum atomic E-state index is 11.1. The summed E-state index contributed by atoms with van der Waals surface area (Å²) in [6.45, 7) is 3.62. The molecular weight excluding hydrogens is 275 g/mol. The van der Waals surface area contributed by atoms with E-state index in [-0.39, 0.29) is 5.92 Å².